The van der Waals surface area contributed by atoms with Gasteiger partial charge in [-0.1, -0.05) is 0 Å². The van der Waals surface area contributed by atoms with E-state index in [0.717, 1.165) is 12.1 Å². The summed E-state index contributed by atoms with van der Waals surface area (Å²) in [5.74, 6) is -0.809. The summed E-state index contributed by atoms with van der Waals surface area (Å²) in [5, 5.41) is 4.47. The predicted octanol–water partition coefficient (Wildman–Crippen LogP) is 5.17. The van der Waals surface area contributed by atoms with Crippen molar-refractivity contribution in [2.75, 3.05) is 6.54 Å². The Labute approximate surface area is 205 Å². The Morgan fingerprint density at radius 1 is 0.833 bits per heavy atom. The molecule has 6 rings (SSSR count). The molecule has 0 fully saturated rings. The summed E-state index contributed by atoms with van der Waals surface area (Å²) in [7, 11) is 1.88. The van der Waals surface area contributed by atoms with Crippen LogP contribution in [0.15, 0.2) is 72.9 Å². The molecule has 36 heavy (non-hydrogen) atoms. The first-order valence-corrected chi connectivity index (χ1v) is 11.6. The van der Waals surface area contributed by atoms with Gasteiger partial charge in [0.2, 0.25) is 0 Å². The lowest BCUT2D eigenvalue weighted by molar-refractivity contribution is 0.0732. The van der Waals surface area contributed by atoms with Crippen molar-refractivity contribution in [2.45, 2.75) is 13.0 Å². The highest BCUT2D eigenvalue weighted by Crippen LogP contribution is 2.32. The minimum Gasteiger partial charge on any atom is -0.332 e. The molecule has 0 saturated heterocycles. The van der Waals surface area contributed by atoms with Crippen LogP contribution < -0.4 is 0 Å². The van der Waals surface area contributed by atoms with Crippen molar-refractivity contribution in [1.82, 2.24) is 24.6 Å². The van der Waals surface area contributed by atoms with Crippen LogP contribution >= 0.6 is 0 Å². The van der Waals surface area contributed by atoms with Gasteiger partial charge in [-0.2, -0.15) is 5.10 Å². The number of aromatic nitrogens is 4. The van der Waals surface area contributed by atoms with Crippen molar-refractivity contribution >= 4 is 16.9 Å². The van der Waals surface area contributed by atoms with Gasteiger partial charge >= 0.3 is 0 Å². The van der Waals surface area contributed by atoms with Gasteiger partial charge in [-0.25, -0.2) is 18.7 Å². The Hall–Kier alpha value is -4.46. The number of hydrogen-bond acceptors (Lipinski definition) is 4. The summed E-state index contributed by atoms with van der Waals surface area (Å²) in [6.45, 7) is 1.08. The number of hydrogen-bond donors (Lipinski definition) is 0. The number of aryl methyl sites for hydroxylation is 1. The first kappa shape index (κ1) is 22.0. The van der Waals surface area contributed by atoms with Gasteiger partial charge in [0.05, 0.1) is 34.7 Å². The van der Waals surface area contributed by atoms with Gasteiger partial charge in [-0.05, 0) is 78.7 Å². The molecule has 0 atom stereocenters. The Bertz CT molecular complexity index is 1610. The highest BCUT2D eigenvalue weighted by molar-refractivity contribution is 5.98. The largest absolute Gasteiger partial charge is 0.332 e. The average molecular weight is 482 g/mol. The quantitative estimate of drug-likeness (QED) is 0.357. The second-order valence-corrected chi connectivity index (χ2v) is 8.89. The van der Waals surface area contributed by atoms with Crippen molar-refractivity contribution in [2.24, 2.45) is 7.05 Å². The van der Waals surface area contributed by atoms with Crippen LogP contribution in [0.4, 0.5) is 8.78 Å². The Kier molecular flexibility index (Phi) is 5.29. The third-order valence-electron chi connectivity index (χ3n) is 6.42. The predicted molar refractivity (Wildman–Crippen MR) is 132 cm³/mol. The van der Waals surface area contributed by atoms with E-state index in [0.29, 0.717) is 52.2 Å². The first-order valence-electron chi connectivity index (χ1n) is 11.6. The van der Waals surface area contributed by atoms with Crippen LogP contribution in [0.3, 0.4) is 0 Å². The molecule has 6 nitrogen and oxygen atoms in total. The lowest BCUT2D eigenvalue weighted by Crippen LogP contribution is -2.35. The number of amides is 1. The maximum atomic E-state index is 13.6. The molecule has 1 aliphatic heterocycles. The van der Waals surface area contributed by atoms with Gasteiger partial charge in [0.1, 0.15) is 11.6 Å². The van der Waals surface area contributed by atoms with Gasteiger partial charge in [0, 0.05) is 36.5 Å². The summed E-state index contributed by atoms with van der Waals surface area (Å²) in [6, 6.07) is 17.2. The van der Waals surface area contributed by atoms with E-state index in [1.54, 1.807) is 52.0 Å². The number of benzene rings is 3. The smallest absolute Gasteiger partial charge is 0.254 e. The molecule has 0 bridgehead atoms. The molecule has 0 radical (unpaired) electrons. The summed E-state index contributed by atoms with van der Waals surface area (Å²) < 4.78 is 28.9. The van der Waals surface area contributed by atoms with E-state index in [-0.39, 0.29) is 17.5 Å². The van der Waals surface area contributed by atoms with E-state index in [9.17, 15) is 13.6 Å². The number of rotatable bonds is 3. The molecule has 0 spiro atoms. The second-order valence-electron chi connectivity index (χ2n) is 8.89. The number of carbonyl (C=O) groups excluding carboxylic acids is 1. The minimum atomic E-state index is -0.360. The Morgan fingerprint density at radius 2 is 1.44 bits per heavy atom. The van der Waals surface area contributed by atoms with Gasteiger partial charge in [-0.15, -0.1) is 0 Å². The fourth-order valence-corrected chi connectivity index (χ4v) is 4.60. The standard InChI is InChI=1S/C28H21F2N5O/c1-34-15-20-12-13-35(16-25(20)33-34)28(36)19-6-11-23-24(14-19)32-27(18-4-9-22(30)10-5-18)26(31-23)17-2-7-21(29)8-3-17/h2-11,14-15H,12-13,16H2,1H3. The van der Waals surface area contributed by atoms with Crippen LogP contribution in [0.2, 0.25) is 0 Å². The number of halogens is 2. The number of fused-ring (bicyclic) bond motifs is 2. The zero-order valence-electron chi connectivity index (χ0n) is 19.4. The molecule has 0 unspecified atom stereocenters. The summed E-state index contributed by atoms with van der Waals surface area (Å²) in [6.07, 6.45) is 2.76. The Balaban J connectivity index is 1.42. The molecular weight excluding hydrogens is 460 g/mol. The van der Waals surface area contributed by atoms with Gasteiger partial charge in [0.25, 0.3) is 5.91 Å². The molecule has 0 aliphatic carbocycles. The third kappa shape index (κ3) is 4.00. The lowest BCUT2D eigenvalue weighted by atomic mass is 10.0. The van der Waals surface area contributed by atoms with Crippen LogP contribution in [-0.4, -0.2) is 37.1 Å². The first-order chi connectivity index (χ1) is 17.4. The second kappa shape index (κ2) is 8.64. The highest BCUT2D eigenvalue weighted by atomic mass is 19.1. The average Bonchev–Trinajstić information content (AvgIpc) is 3.27. The van der Waals surface area contributed by atoms with Crippen LogP contribution in [0.1, 0.15) is 21.6 Å². The monoisotopic (exact) mass is 481 g/mol. The molecule has 3 aromatic carbocycles. The fraction of sp³-hybridized carbons (Fsp3) is 0.143. The van der Waals surface area contributed by atoms with Gasteiger partial charge in [-0.3, -0.25) is 9.48 Å². The fourth-order valence-electron chi connectivity index (χ4n) is 4.60. The molecule has 2 aromatic heterocycles. The van der Waals surface area contributed by atoms with Crippen LogP contribution in [0, 0.1) is 11.6 Å². The molecule has 178 valence electrons. The van der Waals surface area contributed by atoms with E-state index in [1.165, 1.54) is 29.8 Å². The maximum absolute atomic E-state index is 13.6. The molecular formula is C28H21F2N5O. The zero-order chi connectivity index (χ0) is 24.8. The van der Waals surface area contributed by atoms with Crippen molar-refractivity contribution in [3.63, 3.8) is 0 Å². The molecule has 1 aliphatic rings. The molecule has 5 aromatic rings. The number of carbonyl (C=O) groups is 1. The molecule has 0 saturated carbocycles. The van der Waals surface area contributed by atoms with E-state index >= 15 is 0 Å². The number of nitrogens with zero attached hydrogens (tertiary/aromatic N) is 5. The molecule has 3 heterocycles. The van der Waals surface area contributed by atoms with Crippen LogP contribution in [-0.2, 0) is 20.0 Å². The highest BCUT2D eigenvalue weighted by Gasteiger charge is 2.24. The van der Waals surface area contributed by atoms with Crippen molar-refractivity contribution in [3.05, 3.63) is 101 Å². The third-order valence-corrected chi connectivity index (χ3v) is 6.42. The molecule has 0 N–H and O–H groups in total. The SMILES string of the molecule is Cn1cc2c(n1)CN(C(=O)c1ccc3nc(-c4ccc(F)cc4)c(-c4ccc(F)cc4)nc3c1)CC2. The van der Waals surface area contributed by atoms with E-state index in [1.807, 2.05) is 13.2 Å². The minimum absolute atomic E-state index is 0.0963. The zero-order valence-corrected chi connectivity index (χ0v) is 19.4. The van der Waals surface area contributed by atoms with E-state index < -0.39 is 0 Å². The maximum Gasteiger partial charge on any atom is 0.254 e. The van der Waals surface area contributed by atoms with Crippen LogP contribution in [0.25, 0.3) is 33.5 Å². The van der Waals surface area contributed by atoms with Crippen LogP contribution in [0.5, 0.6) is 0 Å². The van der Waals surface area contributed by atoms with Gasteiger partial charge < -0.3 is 4.90 Å². The summed E-state index contributed by atoms with van der Waals surface area (Å²) in [4.78, 5) is 24.8. The normalized spacial score (nSPS) is 13.1. The van der Waals surface area contributed by atoms with E-state index in [2.05, 4.69) is 5.10 Å². The van der Waals surface area contributed by atoms with Crippen molar-refractivity contribution in [1.29, 1.82) is 0 Å². The van der Waals surface area contributed by atoms with Crippen molar-refractivity contribution in [3.8, 4) is 22.5 Å². The topological polar surface area (TPSA) is 63.9 Å². The Morgan fingerprint density at radius 3 is 2.08 bits per heavy atom. The van der Waals surface area contributed by atoms with E-state index in [4.69, 9.17) is 9.97 Å². The summed E-state index contributed by atoms with van der Waals surface area (Å²) in [5.41, 5.74) is 6.16. The van der Waals surface area contributed by atoms with Crippen molar-refractivity contribution < 1.29 is 13.6 Å². The summed E-state index contributed by atoms with van der Waals surface area (Å²) >= 11 is 0. The van der Waals surface area contributed by atoms with Gasteiger partial charge in [0.15, 0.2) is 0 Å². The molecule has 8 heteroatoms. The lowest BCUT2D eigenvalue weighted by Gasteiger charge is -2.26. The molecule has 1 amide bonds.